The highest BCUT2D eigenvalue weighted by Gasteiger charge is 2.33. The fourth-order valence-electron chi connectivity index (χ4n) is 2.69. The Labute approximate surface area is 148 Å². The van der Waals surface area contributed by atoms with Crippen molar-refractivity contribution in [2.24, 2.45) is 13.0 Å². The molecular weight excluding hydrogens is 344 g/mol. The van der Waals surface area contributed by atoms with Crippen LogP contribution in [-0.2, 0) is 26.7 Å². The summed E-state index contributed by atoms with van der Waals surface area (Å²) in [6, 6.07) is -0.622. The lowest BCUT2D eigenvalue weighted by Gasteiger charge is -2.18. The first-order chi connectivity index (χ1) is 11.7. The maximum atomic E-state index is 12.6. The van der Waals surface area contributed by atoms with E-state index in [1.165, 1.54) is 12.5 Å². The van der Waals surface area contributed by atoms with E-state index in [1.54, 1.807) is 11.6 Å². The first kappa shape index (κ1) is 19.6. The Morgan fingerprint density at radius 1 is 1.44 bits per heavy atom. The zero-order valence-electron chi connectivity index (χ0n) is 14.9. The van der Waals surface area contributed by atoms with Crippen LogP contribution in [0.15, 0.2) is 17.6 Å². The quantitative estimate of drug-likeness (QED) is 0.794. The SMILES string of the molecule is CC(C)CCC(=O)NC1CCCN(S(=O)(=O)c2cn(C)cn2)CC1=O. The highest BCUT2D eigenvalue weighted by atomic mass is 32.2. The van der Waals surface area contributed by atoms with Crippen molar-refractivity contribution >= 4 is 21.7 Å². The average molecular weight is 370 g/mol. The van der Waals surface area contributed by atoms with Gasteiger partial charge in [0.05, 0.1) is 18.9 Å². The number of hydrogen-bond acceptors (Lipinski definition) is 5. The van der Waals surface area contributed by atoms with E-state index in [4.69, 9.17) is 0 Å². The van der Waals surface area contributed by atoms with Gasteiger partial charge >= 0.3 is 0 Å². The first-order valence-corrected chi connectivity index (χ1v) is 9.94. The number of sulfonamides is 1. The molecule has 0 spiro atoms. The Balaban J connectivity index is 2.02. The molecule has 1 fully saturated rings. The molecule has 1 saturated heterocycles. The molecule has 0 saturated carbocycles. The van der Waals surface area contributed by atoms with Crippen LogP contribution in [0.3, 0.4) is 0 Å². The summed E-state index contributed by atoms with van der Waals surface area (Å²) in [5, 5.41) is 2.68. The van der Waals surface area contributed by atoms with Gasteiger partial charge < -0.3 is 9.88 Å². The third-order valence-corrected chi connectivity index (χ3v) is 5.92. The number of aryl methyl sites for hydroxylation is 1. The summed E-state index contributed by atoms with van der Waals surface area (Å²) in [4.78, 5) is 28.3. The minimum Gasteiger partial charge on any atom is -0.346 e. The van der Waals surface area contributed by atoms with E-state index < -0.39 is 16.1 Å². The molecular formula is C16H26N4O4S. The van der Waals surface area contributed by atoms with Crippen molar-refractivity contribution in [1.29, 1.82) is 0 Å². The summed E-state index contributed by atoms with van der Waals surface area (Å²) in [6.07, 6.45) is 4.90. The van der Waals surface area contributed by atoms with Gasteiger partial charge in [0.15, 0.2) is 10.8 Å². The average Bonchev–Trinajstić information content (AvgIpc) is 2.89. The second kappa shape index (κ2) is 8.09. The summed E-state index contributed by atoms with van der Waals surface area (Å²) >= 11 is 0. The molecule has 140 valence electrons. The Hall–Kier alpha value is -1.74. The molecule has 8 nitrogen and oxygen atoms in total. The van der Waals surface area contributed by atoms with Gasteiger partial charge in [0.25, 0.3) is 10.0 Å². The molecule has 2 rings (SSSR count). The van der Waals surface area contributed by atoms with E-state index >= 15 is 0 Å². The molecule has 0 aromatic carbocycles. The van der Waals surface area contributed by atoms with E-state index in [-0.39, 0.29) is 29.8 Å². The summed E-state index contributed by atoms with van der Waals surface area (Å²) in [6.45, 7) is 4.06. The van der Waals surface area contributed by atoms with Crippen LogP contribution in [0.25, 0.3) is 0 Å². The van der Waals surface area contributed by atoms with Crippen molar-refractivity contribution in [3.63, 3.8) is 0 Å². The standard InChI is InChI=1S/C16H26N4O4S/c1-12(2)6-7-15(22)18-13-5-4-8-20(9-14(13)21)25(23,24)16-10-19(3)11-17-16/h10-13H,4-9H2,1-3H3,(H,18,22). The third kappa shape index (κ3) is 5.12. The molecule has 1 aromatic heterocycles. The molecule has 1 aliphatic heterocycles. The number of hydrogen-bond donors (Lipinski definition) is 1. The highest BCUT2D eigenvalue weighted by molar-refractivity contribution is 7.89. The fourth-order valence-corrected chi connectivity index (χ4v) is 4.11. The van der Waals surface area contributed by atoms with E-state index in [9.17, 15) is 18.0 Å². The van der Waals surface area contributed by atoms with Gasteiger partial charge in [-0.15, -0.1) is 0 Å². The second-order valence-corrected chi connectivity index (χ2v) is 8.76. The number of imidazole rings is 1. The maximum Gasteiger partial charge on any atom is 0.262 e. The smallest absolute Gasteiger partial charge is 0.262 e. The van der Waals surface area contributed by atoms with Crippen LogP contribution in [0, 0.1) is 5.92 Å². The van der Waals surface area contributed by atoms with Crippen LogP contribution in [0.2, 0.25) is 0 Å². The molecule has 25 heavy (non-hydrogen) atoms. The third-order valence-electron chi connectivity index (χ3n) is 4.19. The lowest BCUT2D eigenvalue weighted by molar-refractivity contribution is -0.127. The largest absolute Gasteiger partial charge is 0.346 e. The van der Waals surface area contributed by atoms with Gasteiger partial charge in [-0.1, -0.05) is 13.8 Å². The van der Waals surface area contributed by atoms with Crippen LogP contribution in [0.5, 0.6) is 0 Å². The molecule has 0 aliphatic carbocycles. The molecule has 0 bridgehead atoms. The minimum atomic E-state index is -3.80. The van der Waals surface area contributed by atoms with E-state index in [1.807, 2.05) is 13.8 Å². The van der Waals surface area contributed by atoms with E-state index in [0.717, 1.165) is 10.7 Å². The van der Waals surface area contributed by atoms with Crippen LogP contribution >= 0.6 is 0 Å². The van der Waals surface area contributed by atoms with Gasteiger partial charge in [0, 0.05) is 26.2 Å². The van der Waals surface area contributed by atoms with Crippen LogP contribution in [0.4, 0.5) is 0 Å². The molecule has 1 N–H and O–H groups in total. The summed E-state index contributed by atoms with van der Waals surface area (Å²) in [7, 11) is -2.12. The molecule has 1 aromatic rings. The Morgan fingerprint density at radius 2 is 2.16 bits per heavy atom. The Morgan fingerprint density at radius 3 is 2.76 bits per heavy atom. The van der Waals surface area contributed by atoms with Crippen molar-refractivity contribution in [2.45, 2.75) is 50.6 Å². The number of Topliss-reactive ketones (excluding diaryl/α,β-unsaturated/α-hetero) is 1. The zero-order chi connectivity index (χ0) is 18.6. The monoisotopic (exact) mass is 370 g/mol. The summed E-state index contributed by atoms with van der Waals surface area (Å²) in [5.41, 5.74) is 0. The van der Waals surface area contributed by atoms with E-state index in [2.05, 4.69) is 10.3 Å². The van der Waals surface area contributed by atoms with Crippen molar-refractivity contribution in [3.8, 4) is 0 Å². The molecule has 1 unspecified atom stereocenters. The van der Waals surface area contributed by atoms with Gasteiger partial charge in [0.2, 0.25) is 5.91 Å². The topological polar surface area (TPSA) is 101 Å². The van der Waals surface area contributed by atoms with Crippen LogP contribution < -0.4 is 5.32 Å². The number of ketones is 1. The van der Waals surface area contributed by atoms with Crippen LogP contribution in [0.1, 0.15) is 39.5 Å². The fraction of sp³-hybridized carbons (Fsp3) is 0.688. The lowest BCUT2D eigenvalue weighted by atomic mass is 10.1. The number of amides is 1. The number of carbonyl (C=O) groups excluding carboxylic acids is 2. The van der Waals surface area contributed by atoms with Gasteiger partial charge in [-0.3, -0.25) is 9.59 Å². The molecule has 1 amide bonds. The zero-order valence-corrected chi connectivity index (χ0v) is 15.8. The number of aromatic nitrogens is 2. The van der Waals surface area contributed by atoms with Crippen molar-refractivity contribution in [2.75, 3.05) is 13.1 Å². The predicted molar refractivity (Wildman–Crippen MR) is 92.2 cm³/mol. The Kier molecular flexibility index (Phi) is 6.34. The van der Waals surface area contributed by atoms with Crippen LogP contribution in [-0.4, -0.2) is 53.1 Å². The molecule has 9 heteroatoms. The minimum absolute atomic E-state index is 0.0674. The number of nitrogens with one attached hydrogen (secondary N) is 1. The molecule has 2 heterocycles. The van der Waals surface area contributed by atoms with Crippen molar-refractivity contribution in [1.82, 2.24) is 19.2 Å². The Bertz CT molecular complexity index is 726. The normalized spacial score (nSPS) is 19.8. The lowest BCUT2D eigenvalue weighted by Crippen LogP contribution is -2.44. The highest BCUT2D eigenvalue weighted by Crippen LogP contribution is 2.18. The van der Waals surface area contributed by atoms with Crippen molar-refractivity contribution in [3.05, 3.63) is 12.5 Å². The first-order valence-electron chi connectivity index (χ1n) is 8.50. The van der Waals surface area contributed by atoms with Gasteiger partial charge in [-0.2, -0.15) is 4.31 Å². The van der Waals surface area contributed by atoms with Gasteiger partial charge in [-0.05, 0) is 25.2 Å². The molecule has 1 aliphatic rings. The van der Waals surface area contributed by atoms with E-state index in [0.29, 0.717) is 25.2 Å². The number of nitrogens with zero attached hydrogens (tertiary/aromatic N) is 3. The summed E-state index contributed by atoms with van der Waals surface area (Å²) in [5.74, 6) is -0.0300. The maximum absolute atomic E-state index is 12.6. The van der Waals surface area contributed by atoms with Gasteiger partial charge in [0.1, 0.15) is 0 Å². The number of rotatable bonds is 6. The molecule has 1 atom stereocenters. The number of carbonyl (C=O) groups is 2. The van der Waals surface area contributed by atoms with Crippen molar-refractivity contribution < 1.29 is 18.0 Å². The van der Waals surface area contributed by atoms with Gasteiger partial charge in [-0.25, -0.2) is 13.4 Å². The molecule has 0 radical (unpaired) electrons. The second-order valence-electron chi connectivity index (χ2n) is 6.88. The summed E-state index contributed by atoms with van der Waals surface area (Å²) < 4.78 is 27.9. The predicted octanol–water partition coefficient (Wildman–Crippen LogP) is 0.695.